The second-order valence-electron chi connectivity index (χ2n) is 9.46. The summed E-state index contributed by atoms with van der Waals surface area (Å²) in [5.41, 5.74) is 3.33. The van der Waals surface area contributed by atoms with Crippen molar-refractivity contribution in [3.63, 3.8) is 0 Å². The van der Waals surface area contributed by atoms with Gasteiger partial charge in [-0.15, -0.1) is 0 Å². The monoisotopic (exact) mass is 442 g/mol. The Morgan fingerprint density at radius 3 is 2.53 bits per heavy atom. The lowest BCUT2D eigenvalue weighted by atomic mass is 9.81. The maximum absolute atomic E-state index is 12.7. The van der Waals surface area contributed by atoms with E-state index in [9.17, 15) is 14.4 Å². The predicted molar refractivity (Wildman–Crippen MR) is 125 cm³/mol. The Hall–Kier alpha value is -2.57. The lowest BCUT2D eigenvalue weighted by Gasteiger charge is -2.35. The number of aryl methyl sites for hydroxylation is 2. The number of carbonyl (C=O) groups is 3. The molecule has 0 bridgehead atoms. The molecule has 1 saturated heterocycles. The Bertz CT molecular complexity index is 799. The molecule has 1 aromatic carbocycles. The van der Waals surface area contributed by atoms with Crippen molar-refractivity contribution in [3.05, 3.63) is 34.9 Å². The fourth-order valence-corrected chi connectivity index (χ4v) is 4.68. The molecule has 0 aromatic heterocycles. The summed E-state index contributed by atoms with van der Waals surface area (Å²) in [5.74, 6) is 0.372. The number of nitrogens with one attached hydrogen (secondary N) is 3. The van der Waals surface area contributed by atoms with E-state index in [2.05, 4.69) is 22.9 Å². The van der Waals surface area contributed by atoms with Gasteiger partial charge in [-0.05, 0) is 75.0 Å². The average Bonchev–Trinajstić information content (AvgIpc) is 2.75. The highest BCUT2D eigenvalue weighted by Crippen LogP contribution is 2.29. The number of benzene rings is 1. The molecule has 2 aliphatic rings. The van der Waals surface area contributed by atoms with E-state index in [0.717, 1.165) is 56.1 Å². The van der Waals surface area contributed by atoms with E-state index in [1.165, 1.54) is 10.5 Å². The summed E-state index contributed by atoms with van der Waals surface area (Å²) in [6.07, 6.45) is 7.14. The van der Waals surface area contributed by atoms with Gasteiger partial charge in [-0.1, -0.05) is 31.5 Å². The zero-order valence-corrected chi connectivity index (χ0v) is 19.7. The highest BCUT2D eigenvalue weighted by molar-refractivity contribution is 5.97. The van der Waals surface area contributed by atoms with Gasteiger partial charge in [0.15, 0.2) is 0 Å². The molecule has 3 rings (SSSR count). The smallest absolute Gasteiger partial charge is 0.324 e. The maximum atomic E-state index is 12.7. The third-order valence-electron chi connectivity index (χ3n) is 6.82. The second kappa shape index (κ2) is 11.3. The summed E-state index contributed by atoms with van der Waals surface area (Å²) >= 11 is 0. The molecule has 1 atom stereocenters. The highest BCUT2D eigenvalue weighted by atomic mass is 16.2. The highest BCUT2D eigenvalue weighted by Gasteiger charge is 2.34. The molecule has 1 aliphatic heterocycles. The van der Waals surface area contributed by atoms with Gasteiger partial charge in [0.2, 0.25) is 5.91 Å². The number of amides is 5. The van der Waals surface area contributed by atoms with Gasteiger partial charge in [-0.2, -0.15) is 0 Å². The van der Waals surface area contributed by atoms with Gasteiger partial charge in [0.25, 0.3) is 0 Å². The SMILES string of the molecule is CCCCNC(=O)NC1CCC(C[C@H]2CC(=O)N(Cc3ccc(C)c(C)c3)C(=O)N2)CC1. The van der Waals surface area contributed by atoms with Crippen molar-refractivity contribution in [2.24, 2.45) is 5.92 Å². The fourth-order valence-electron chi connectivity index (χ4n) is 4.68. The second-order valence-corrected chi connectivity index (χ2v) is 9.46. The Morgan fingerprint density at radius 1 is 1.12 bits per heavy atom. The van der Waals surface area contributed by atoms with Crippen molar-refractivity contribution in [1.29, 1.82) is 0 Å². The minimum Gasteiger partial charge on any atom is -0.338 e. The first-order valence-corrected chi connectivity index (χ1v) is 12.1. The molecule has 0 unspecified atom stereocenters. The first kappa shape index (κ1) is 24.1. The van der Waals surface area contributed by atoms with Crippen LogP contribution in [0.5, 0.6) is 0 Å². The topological polar surface area (TPSA) is 90.5 Å². The van der Waals surface area contributed by atoms with Crippen LogP contribution in [0.25, 0.3) is 0 Å². The number of carbonyl (C=O) groups excluding carboxylic acids is 3. The van der Waals surface area contributed by atoms with Crippen molar-refractivity contribution in [1.82, 2.24) is 20.9 Å². The van der Waals surface area contributed by atoms with Crippen LogP contribution in [0.3, 0.4) is 0 Å². The van der Waals surface area contributed by atoms with E-state index < -0.39 is 0 Å². The van der Waals surface area contributed by atoms with Gasteiger partial charge in [0.05, 0.1) is 6.54 Å². The van der Waals surface area contributed by atoms with Crippen molar-refractivity contribution >= 4 is 18.0 Å². The van der Waals surface area contributed by atoms with Crippen molar-refractivity contribution in [2.75, 3.05) is 6.54 Å². The molecule has 1 aromatic rings. The van der Waals surface area contributed by atoms with E-state index in [1.54, 1.807) is 0 Å². The van der Waals surface area contributed by atoms with Crippen LogP contribution in [0.4, 0.5) is 9.59 Å². The first-order valence-electron chi connectivity index (χ1n) is 12.1. The summed E-state index contributed by atoms with van der Waals surface area (Å²) in [6.45, 7) is 7.22. The number of rotatable bonds is 8. The molecule has 1 heterocycles. The van der Waals surface area contributed by atoms with E-state index in [-0.39, 0.29) is 30.1 Å². The molecule has 5 amide bonds. The van der Waals surface area contributed by atoms with E-state index in [1.807, 2.05) is 32.0 Å². The van der Waals surface area contributed by atoms with Crippen LogP contribution < -0.4 is 16.0 Å². The molecule has 3 N–H and O–H groups in total. The van der Waals surface area contributed by atoms with Gasteiger partial charge in [-0.25, -0.2) is 9.59 Å². The van der Waals surface area contributed by atoms with Gasteiger partial charge in [-0.3, -0.25) is 9.69 Å². The summed E-state index contributed by atoms with van der Waals surface area (Å²) in [6, 6.07) is 5.80. The molecule has 7 nitrogen and oxygen atoms in total. The number of hydrogen-bond donors (Lipinski definition) is 3. The largest absolute Gasteiger partial charge is 0.338 e. The molecular formula is C25H38N4O3. The standard InChI is InChI=1S/C25H38N4O3/c1-4-5-12-26-24(31)27-21-10-8-19(9-11-21)14-22-15-23(30)29(25(32)28-22)16-20-7-6-17(2)18(3)13-20/h6-7,13,19,21-22H,4-5,8-12,14-16H2,1-3H3,(H,28,32)(H2,26,27,31)/t19?,21?,22-/m0/s1. The minimum absolute atomic E-state index is 0.0732. The van der Waals surface area contributed by atoms with Crippen LogP contribution in [0.15, 0.2) is 18.2 Å². The number of nitrogens with zero attached hydrogens (tertiary/aromatic N) is 1. The molecular weight excluding hydrogens is 404 g/mol. The van der Waals surface area contributed by atoms with Gasteiger partial charge < -0.3 is 16.0 Å². The van der Waals surface area contributed by atoms with Crippen molar-refractivity contribution in [2.45, 2.75) is 90.8 Å². The van der Waals surface area contributed by atoms with Crippen LogP contribution in [0.1, 0.15) is 75.0 Å². The molecule has 32 heavy (non-hydrogen) atoms. The predicted octanol–water partition coefficient (Wildman–Crippen LogP) is 4.16. The van der Waals surface area contributed by atoms with Crippen molar-refractivity contribution in [3.8, 4) is 0 Å². The van der Waals surface area contributed by atoms with Gasteiger partial charge in [0.1, 0.15) is 0 Å². The Balaban J connectivity index is 1.42. The molecule has 176 valence electrons. The molecule has 7 heteroatoms. The van der Waals surface area contributed by atoms with Gasteiger partial charge >= 0.3 is 12.1 Å². The molecule has 0 radical (unpaired) electrons. The number of urea groups is 2. The molecule has 1 saturated carbocycles. The van der Waals surface area contributed by atoms with Crippen LogP contribution in [0, 0.1) is 19.8 Å². The van der Waals surface area contributed by atoms with Gasteiger partial charge in [0, 0.05) is 25.0 Å². The van der Waals surface area contributed by atoms with E-state index in [0.29, 0.717) is 25.4 Å². The number of imide groups is 1. The van der Waals surface area contributed by atoms with Crippen LogP contribution in [-0.4, -0.2) is 41.5 Å². The first-order chi connectivity index (χ1) is 15.4. The molecule has 1 aliphatic carbocycles. The Kier molecular flexibility index (Phi) is 8.53. The third kappa shape index (κ3) is 6.71. The normalized spacial score (nSPS) is 23.6. The van der Waals surface area contributed by atoms with E-state index >= 15 is 0 Å². The van der Waals surface area contributed by atoms with E-state index in [4.69, 9.17) is 0 Å². The summed E-state index contributed by atoms with van der Waals surface area (Å²) in [7, 11) is 0. The Labute approximate surface area is 191 Å². The van der Waals surface area contributed by atoms with Crippen LogP contribution in [-0.2, 0) is 11.3 Å². The lowest BCUT2D eigenvalue weighted by molar-refractivity contribution is -0.130. The molecule has 0 spiro atoms. The summed E-state index contributed by atoms with van der Waals surface area (Å²) in [5, 5.41) is 9.03. The Morgan fingerprint density at radius 2 is 1.88 bits per heavy atom. The zero-order valence-electron chi connectivity index (χ0n) is 19.7. The van der Waals surface area contributed by atoms with Crippen LogP contribution in [0.2, 0.25) is 0 Å². The summed E-state index contributed by atoms with van der Waals surface area (Å²) < 4.78 is 0. The van der Waals surface area contributed by atoms with Crippen LogP contribution >= 0.6 is 0 Å². The third-order valence-corrected chi connectivity index (χ3v) is 6.82. The quantitative estimate of drug-likeness (QED) is 0.528. The maximum Gasteiger partial charge on any atom is 0.324 e. The zero-order chi connectivity index (χ0) is 23.1. The summed E-state index contributed by atoms with van der Waals surface area (Å²) in [4.78, 5) is 38.6. The number of hydrogen-bond acceptors (Lipinski definition) is 3. The minimum atomic E-state index is -0.288. The molecule has 2 fully saturated rings. The lowest BCUT2D eigenvalue weighted by Crippen LogP contribution is -2.54. The average molecular weight is 443 g/mol. The number of unbranched alkanes of at least 4 members (excludes halogenated alkanes) is 1. The van der Waals surface area contributed by atoms with Crippen molar-refractivity contribution < 1.29 is 14.4 Å². The fraction of sp³-hybridized carbons (Fsp3) is 0.640.